The number of aryl methyl sites for hydroxylation is 1. The van der Waals surface area contributed by atoms with Crippen molar-refractivity contribution < 1.29 is 9.53 Å². The van der Waals surface area contributed by atoms with Crippen LogP contribution in [0.1, 0.15) is 29.7 Å². The van der Waals surface area contributed by atoms with E-state index in [1.54, 1.807) is 11.3 Å². The minimum absolute atomic E-state index is 0. The van der Waals surface area contributed by atoms with Crippen molar-refractivity contribution in [2.75, 3.05) is 13.2 Å². The second-order valence-corrected chi connectivity index (χ2v) is 5.97. The third kappa shape index (κ3) is 6.08. The average Bonchev–Trinajstić information content (AvgIpc) is 2.93. The SMILES string of the molecule is CCc1cnc(CNC(=O)C(N)C2CCOCC2)s1.Cl.Cl. The molecule has 2 rings (SSSR count). The third-order valence-electron chi connectivity index (χ3n) is 3.44. The number of carbonyl (C=O) groups excluding carboxylic acids is 1. The molecule has 0 radical (unpaired) electrons. The normalized spacial score (nSPS) is 16.5. The van der Waals surface area contributed by atoms with Gasteiger partial charge in [0.25, 0.3) is 0 Å². The van der Waals surface area contributed by atoms with Crippen LogP contribution >= 0.6 is 36.2 Å². The number of nitrogens with two attached hydrogens (primary N) is 1. The molecule has 0 bridgehead atoms. The highest BCUT2D eigenvalue weighted by atomic mass is 35.5. The topological polar surface area (TPSA) is 77.2 Å². The summed E-state index contributed by atoms with van der Waals surface area (Å²) < 4.78 is 5.28. The van der Waals surface area contributed by atoms with Crippen LogP contribution < -0.4 is 11.1 Å². The number of carbonyl (C=O) groups is 1. The van der Waals surface area contributed by atoms with Crippen LogP contribution in [-0.2, 0) is 22.5 Å². The van der Waals surface area contributed by atoms with Crippen LogP contribution in [0.4, 0.5) is 0 Å². The van der Waals surface area contributed by atoms with Gasteiger partial charge in [-0.2, -0.15) is 0 Å². The highest BCUT2D eigenvalue weighted by Crippen LogP contribution is 2.18. The van der Waals surface area contributed by atoms with Gasteiger partial charge >= 0.3 is 0 Å². The Labute approximate surface area is 141 Å². The maximum atomic E-state index is 12.0. The zero-order valence-electron chi connectivity index (χ0n) is 12.0. The Balaban J connectivity index is 0.00000200. The van der Waals surface area contributed by atoms with E-state index in [0.717, 1.165) is 24.3 Å². The standard InChI is InChI=1S/C13H21N3O2S.2ClH/c1-2-10-7-15-11(19-10)8-16-13(17)12(14)9-3-5-18-6-4-9;;/h7,9,12H,2-6,8,14H2,1H3,(H,16,17);2*1H. The minimum atomic E-state index is -0.436. The number of hydrogen-bond donors (Lipinski definition) is 2. The van der Waals surface area contributed by atoms with Crippen molar-refractivity contribution in [1.82, 2.24) is 10.3 Å². The predicted molar refractivity (Wildman–Crippen MR) is 89.4 cm³/mol. The molecule has 8 heteroatoms. The Hall–Kier alpha value is -0.400. The lowest BCUT2D eigenvalue weighted by atomic mass is 9.92. The molecule has 0 aliphatic carbocycles. The molecule has 0 saturated carbocycles. The van der Waals surface area contributed by atoms with Gasteiger partial charge < -0.3 is 15.8 Å². The number of nitrogens with one attached hydrogen (secondary N) is 1. The molecule has 0 spiro atoms. The molecule has 1 aliphatic rings. The molecule has 2 heterocycles. The molecule has 0 aromatic carbocycles. The van der Waals surface area contributed by atoms with E-state index in [1.807, 2.05) is 6.20 Å². The number of thiazole rings is 1. The molecular weight excluding hydrogens is 333 g/mol. The maximum Gasteiger partial charge on any atom is 0.237 e. The summed E-state index contributed by atoms with van der Waals surface area (Å²) in [5.41, 5.74) is 6.00. The number of aromatic nitrogens is 1. The van der Waals surface area contributed by atoms with Crippen LogP contribution in [-0.4, -0.2) is 30.1 Å². The molecular formula is C13H23Cl2N3O2S. The Bertz CT molecular complexity index is 425. The van der Waals surface area contributed by atoms with E-state index in [2.05, 4.69) is 17.2 Å². The summed E-state index contributed by atoms with van der Waals surface area (Å²) in [5, 5.41) is 3.81. The molecule has 1 aromatic heterocycles. The van der Waals surface area contributed by atoms with E-state index in [1.165, 1.54) is 4.88 Å². The van der Waals surface area contributed by atoms with Crippen molar-refractivity contribution in [3.05, 3.63) is 16.1 Å². The molecule has 1 aromatic rings. The monoisotopic (exact) mass is 355 g/mol. The summed E-state index contributed by atoms with van der Waals surface area (Å²) in [4.78, 5) is 17.5. The highest BCUT2D eigenvalue weighted by Gasteiger charge is 2.26. The van der Waals surface area contributed by atoms with Gasteiger partial charge in [0.1, 0.15) is 5.01 Å². The van der Waals surface area contributed by atoms with E-state index >= 15 is 0 Å². The molecule has 122 valence electrons. The minimum Gasteiger partial charge on any atom is -0.381 e. The van der Waals surface area contributed by atoms with Crippen molar-refractivity contribution in [3.63, 3.8) is 0 Å². The zero-order valence-corrected chi connectivity index (χ0v) is 14.5. The van der Waals surface area contributed by atoms with Gasteiger partial charge in [0.15, 0.2) is 0 Å². The number of ether oxygens (including phenoxy) is 1. The average molecular weight is 356 g/mol. The fourth-order valence-electron chi connectivity index (χ4n) is 2.16. The van der Waals surface area contributed by atoms with E-state index in [9.17, 15) is 4.79 Å². The first-order valence-corrected chi connectivity index (χ1v) is 7.57. The number of nitrogens with zero attached hydrogens (tertiary/aromatic N) is 1. The zero-order chi connectivity index (χ0) is 13.7. The van der Waals surface area contributed by atoms with Gasteiger partial charge in [-0.25, -0.2) is 4.98 Å². The lowest BCUT2D eigenvalue weighted by Gasteiger charge is -2.26. The second-order valence-electron chi connectivity index (χ2n) is 4.77. The Morgan fingerprint density at radius 3 is 2.76 bits per heavy atom. The second kappa shape index (κ2) is 10.3. The van der Waals surface area contributed by atoms with Crippen molar-refractivity contribution >= 4 is 42.1 Å². The van der Waals surface area contributed by atoms with E-state index < -0.39 is 6.04 Å². The molecule has 5 nitrogen and oxygen atoms in total. The van der Waals surface area contributed by atoms with E-state index in [0.29, 0.717) is 19.8 Å². The van der Waals surface area contributed by atoms with E-state index in [4.69, 9.17) is 10.5 Å². The van der Waals surface area contributed by atoms with Crippen LogP contribution in [0.25, 0.3) is 0 Å². The molecule has 3 N–H and O–H groups in total. The van der Waals surface area contributed by atoms with Gasteiger partial charge in [-0.1, -0.05) is 6.92 Å². The predicted octanol–water partition coefficient (Wildman–Crippen LogP) is 1.92. The maximum absolute atomic E-state index is 12.0. The van der Waals surface area contributed by atoms with Gasteiger partial charge in [-0.05, 0) is 25.2 Å². The summed E-state index contributed by atoms with van der Waals surface area (Å²) >= 11 is 1.64. The first kappa shape index (κ1) is 20.6. The number of rotatable bonds is 5. The Morgan fingerprint density at radius 1 is 1.52 bits per heavy atom. The molecule has 1 aliphatic heterocycles. The van der Waals surface area contributed by atoms with Gasteiger partial charge in [-0.15, -0.1) is 36.2 Å². The number of amides is 1. The largest absolute Gasteiger partial charge is 0.381 e. The lowest BCUT2D eigenvalue weighted by Crippen LogP contribution is -2.46. The van der Waals surface area contributed by atoms with Crippen LogP contribution in [0, 0.1) is 5.92 Å². The third-order valence-corrected chi connectivity index (χ3v) is 4.58. The number of halogens is 2. The van der Waals surface area contributed by atoms with Gasteiger partial charge in [0.05, 0.1) is 12.6 Å². The van der Waals surface area contributed by atoms with Crippen molar-refractivity contribution in [2.45, 2.75) is 38.8 Å². The smallest absolute Gasteiger partial charge is 0.237 e. The molecule has 21 heavy (non-hydrogen) atoms. The molecule has 1 amide bonds. The van der Waals surface area contributed by atoms with Gasteiger partial charge in [0, 0.05) is 24.3 Å². The first-order valence-electron chi connectivity index (χ1n) is 6.75. The fraction of sp³-hybridized carbons (Fsp3) is 0.692. The van der Waals surface area contributed by atoms with Crippen LogP contribution in [0.3, 0.4) is 0 Å². The summed E-state index contributed by atoms with van der Waals surface area (Å²) in [6.45, 7) is 3.98. The van der Waals surface area contributed by atoms with Crippen LogP contribution in [0.5, 0.6) is 0 Å². The van der Waals surface area contributed by atoms with Crippen LogP contribution in [0.2, 0.25) is 0 Å². The summed E-state index contributed by atoms with van der Waals surface area (Å²) in [6, 6.07) is -0.436. The molecule has 1 atom stereocenters. The van der Waals surface area contributed by atoms with E-state index in [-0.39, 0.29) is 36.6 Å². The summed E-state index contributed by atoms with van der Waals surface area (Å²) in [5.74, 6) is 0.149. The van der Waals surface area contributed by atoms with Crippen molar-refractivity contribution in [1.29, 1.82) is 0 Å². The van der Waals surface area contributed by atoms with Crippen LogP contribution in [0.15, 0.2) is 6.20 Å². The molecule has 1 saturated heterocycles. The highest BCUT2D eigenvalue weighted by molar-refractivity contribution is 7.11. The number of hydrogen-bond acceptors (Lipinski definition) is 5. The first-order chi connectivity index (χ1) is 9.20. The van der Waals surface area contributed by atoms with Gasteiger partial charge in [0.2, 0.25) is 5.91 Å². The Morgan fingerprint density at radius 2 is 2.19 bits per heavy atom. The molecule has 1 unspecified atom stereocenters. The van der Waals surface area contributed by atoms with Crippen molar-refractivity contribution in [2.24, 2.45) is 11.7 Å². The van der Waals surface area contributed by atoms with Crippen molar-refractivity contribution in [3.8, 4) is 0 Å². The quantitative estimate of drug-likeness (QED) is 0.845. The lowest BCUT2D eigenvalue weighted by molar-refractivity contribution is -0.124. The molecule has 1 fully saturated rings. The fourth-order valence-corrected chi connectivity index (χ4v) is 2.96. The van der Waals surface area contributed by atoms with Gasteiger partial charge in [-0.3, -0.25) is 4.79 Å². The summed E-state index contributed by atoms with van der Waals surface area (Å²) in [6.07, 6.45) is 4.58. The Kier molecular flexibility index (Phi) is 10.1. The summed E-state index contributed by atoms with van der Waals surface area (Å²) in [7, 11) is 0.